The molecule has 2 heterocycles. The lowest BCUT2D eigenvalue weighted by Crippen LogP contribution is -2.52. The van der Waals surface area contributed by atoms with Gasteiger partial charge >= 0.3 is 0 Å². The van der Waals surface area contributed by atoms with Crippen LogP contribution in [0, 0.1) is 34.6 Å². The van der Waals surface area contributed by atoms with E-state index in [1.807, 2.05) is 34.6 Å². The predicted molar refractivity (Wildman–Crippen MR) is 116 cm³/mol. The van der Waals surface area contributed by atoms with Gasteiger partial charge in [0.1, 0.15) is 0 Å². The van der Waals surface area contributed by atoms with Gasteiger partial charge in [-0.05, 0) is 68.9 Å². The molecule has 2 aliphatic heterocycles. The maximum absolute atomic E-state index is 13.4. The lowest BCUT2D eigenvalue weighted by atomic mass is 9.95. The highest BCUT2D eigenvalue weighted by Gasteiger charge is 2.42. The highest BCUT2D eigenvalue weighted by atomic mass is 32.2. The highest BCUT2D eigenvalue weighted by molar-refractivity contribution is 7.95. The van der Waals surface area contributed by atoms with Crippen LogP contribution in [0.5, 0.6) is 0 Å². The van der Waals surface area contributed by atoms with Gasteiger partial charge in [-0.2, -0.15) is 8.61 Å². The molecule has 0 saturated carbocycles. The van der Waals surface area contributed by atoms with Crippen LogP contribution < -0.4 is 0 Å². The molecule has 170 valence electrons. The van der Waals surface area contributed by atoms with Gasteiger partial charge in [0.2, 0.25) is 20.0 Å². The zero-order valence-electron chi connectivity index (χ0n) is 18.1. The van der Waals surface area contributed by atoms with Crippen molar-refractivity contribution in [1.29, 1.82) is 0 Å². The van der Waals surface area contributed by atoms with Crippen molar-refractivity contribution in [2.45, 2.75) is 51.2 Å². The van der Waals surface area contributed by atoms with Gasteiger partial charge in [-0.1, -0.05) is 0 Å². The summed E-state index contributed by atoms with van der Waals surface area (Å²) in [6, 6.07) is 0. The molecule has 11 heteroatoms. The molecule has 0 aliphatic carbocycles. The minimum absolute atomic E-state index is 0.0278. The number of rotatable bonds is 4. The van der Waals surface area contributed by atoms with Crippen LogP contribution in [0.25, 0.3) is 0 Å². The molecule has 0 spiro atoms. The van der Waals surface area contributed by atoms with E-state index in [9.17, 15) is 25.3 Å². The summed E-state index contributed by atoms with van der Waals surface area (Å²) in [5.74, 6) is -0.468. The molecule has 0 N–H and O–H groups in total. The standard InChI is InChI=1S/C19H30N2O6S3/c1-13-14(2)16(4)19(17(5)15(13)3)30(26,27)21-9-7-20(8-10-21)29(24,25)18-6-11-28(22,23)12-18/h18H,6-12H2,1-5H3. The summed E-state index contributed by atoms with van der Waals surface area (Å²) in [5, 5.41) is -0.933. The summed E-state index contributed by atoms with van der Waals surface area (Å²) in [4.78, 5) is 0.307. The highest BCUT2D eigenvalue weighted by Crippen LogP contribution is 2.32. The fourth-order valence-electron chi connectivity index (χ4n) is 4.35. The van der Waals surface area contributed by atoms with Crippen LogP contribution in [0.1, 0.15) is 34.2 Å². The average Bonchev–Trinajstić information content (AvgIpc) is 3.05. The van der Waals surface area contributed by atoms with Crippen molar-refractivity contribution >= 4 is 29.9 Å². The van der Waals surface area contributed by atoms with E-state index >= 15 is 0 Å². The summed E-state index contributed by atoms with van der Waals surface area (Å²) < 4.78 is 78.5. The Morgan fingerprint density at radius 1 is 0.733 bits per heavy atom. The first-order chi connectivity index (χ1) is 13.7. The summed E-state index contributed by atoms with van der Waals surface area (Å²) in [5.41, 5.74) is 4.41. The van der Waals surface area contributed by atoms with Crippen molar-refractivity contribution < 1.29 is 25.3 Å². The summed E-state index contributed by atoms with van der Waals surface area (Å²) in [6.07, 6.45) is 0.101. The van der Waals surface area contributed by atoms with E-state index in [1.54, 1.807) is 0 Å². The zero-order valence-corrected chi connectivity index (χ0v) is 20.5. The van der Waals surface area contributed by atoms with Crippen molar-refractivity contribution in [3.8, 4) is 0 Å². The van der Waals surface area contributed by atoms with Crippen molar-refractivity contribution in [2.24, 2.45) is 0 Å². The summed E-state index contributed by atoms with van der Waals surface area (Å²) in [6.45, 7) is 9.57. The first kappa shape index (κ1) is 23.6. The monoisotopic (exact) mass is 478 g/mol. The number of piperazine rings is 1. The van der Waals surface area contributed by atoms with Gasteiger partial charge in [-0.15, -0.1) is 0 Å². The normalized spacial score (nSPS) is 23.7. The Morgan fingerprint density at radius 2 is 1.17 bits per heavy atom. The van der Waals surface area contributed by atoms with Gasteiger partial charge in [0, 0.05) is 26.2 Å². The number of benzene rings is 1. The van der Waals surface area contributed by atoms with Gasteiger partial charge in [-0.3, -0.25) is 0 Å². The van der Waals surface area contributed by atoms with E-state index in [0.29, 0.717) is 4.90 Å². The number of sulfone groups is 1. The zero-order chi connectivity index (χ0) is 22.6. The van der Waals surface area contributed by atoms with E-state index in [1.165, 1.54) is 8.61 Å². The number of hydrogen-bond acceptors (Lipinski definition) is 6. The molecule has 8 nitrogen and oxygen atoms in total. The molecule has 30 heavy (non-hydrogen) atoms. The maximum atomic E-state index is 13.4. The van der Waals surface area contributed by atoms with E-state index in [0.717, 1.165) is 27.8 Å². The molecule has 1 aromatic rings. The number of nitrogens with zero attached hydrogens (tertiary/aromatic N) is 2. The Kier molecular flexibility index (Phi) is 6.18. The molecule has 0 amide bonds. The van der Waals surface area contributed by atoms with E-state index in [2.05, 4.69) is 0 Å². The fraction of sp³-hybridized carbons (Fsp3) is 0.684. The molecule has 0 aromatic heterocycles. The topological polar surface area (TPSA) is 109 Å². The van der Waals surface area contributed by atoms with Crippen LogP contribution in [0.3, 0.4) is 0 Å². The molecular formula is C19H30N2O6S3. The van der Waals surface area contributed by atoms with Crippen LogP contribution in [-0.2, 0) is 29.9 Å². The lowest BCUT2D eigenvalue weighted by molar-refractivity contribution is 0.271. The van der Waals surface area contributed by atoms with Gasteiger partial charge in [0.15, 0.2) is 9.84 Å². The number of sulfonamides is 2. The van der Waals surface area contributed by atoms with Crippen LogP contribution in [0.2, 0.25) is 0 Å². The van der Waals surface area contributed by atoms with E-state index in [-0.39, 0.29) is 44.1 Å². The second-order valence-corrected chi connectivity index (χ2v) is 14.6. The van der Waals surface area contributed by atoms with Crippen LogP contribution in [0.15, 0.2) is 4.90 Å². The molecule has 2 aliphatic rings. The molecule has 1 unspecified atom stereocenters. The summed E-state index contributed by atoms with van der Waals surface area (Å²) >= 11 is 0. The largest absolute Gasteiger partial charge is 0.243 e. The molecule has 1 aromatic carbocycles. The van der Waals surface area contributed by atoms with Crippen molar-refractivity contribution in [3.63, 3.8) is 0 Å². The first-order valence-corrected chi connectivity index (χ1v) is 14.7. The Labute approximate surface area is 180 Å². The summed E-state index contributed by atoms with van der Waals surface area (Å²) in [7, 11) is -10.9. The lowest BCUT2D eigenvalue weighted by Gasteiger charge is -2.35. The SMILES string of the molecule is Cc1c(C)c(C)c(S(=O)(=O)N2CCN(S(=O)(=O)C3CCS(=O)(=O)C3)CC2)c(C)c1C. The third-order valence-electron chi connectivity index (χ3n) is 6.70. The van der Waals surface area contributed by atoms with Crippen molar-refractivity contribution in [2.75, 3.05) is 37.7 Å². The first-order valence-electron chi connectivity index (χ1n) is 9.96. The Bertz CT molecular complexity index is 1150. The molecule has 0 bridgehead atoms. The third-order valence-corrected chi connectivity index (χ3v) is 13.2. The molecular weight excluding hydrogens is 448 g/mol. The quantitative estimate of drug-likeness (QED) is 0.640. The van der Waals surface area contributed by atoms with E-state index < -0.39 is 35.1 Å². The molecule has 3 rings (SSSR count). The van der Waals surface area contributed by atoms with Crippen LogP contribution >= 0.6 is 0 Å². The minimum Gasteiger partial charge on any atom is -0.229 e. The molecule has 1 atom stereocenters. The van der Waals surface area contributed by atoms with Crippen LogP contribution in [-0.4, -0.2) is 76.8 Å². The van der Waals surface area contributed by atoms with Gasteiger partial charge < -0.3 is 0 Å². The Morgan fingerprint density at radius 3 is 1.60 bits per heavy atom. The fourth-order valence-corrected chi connectivity index (χ4v) is 10.8. The predicted octanol–water partition coefficient (Wildman–Crippen LogP) is 1.05. The number of hydrogen-bond donors (Lipinski definition) is 0. The second kappa shape index (κ2) is 7.84. The maximum Gasteiger partial charge on any atom is 0.243 e. The minimum atomic E-state index is -3.78. The Balaban J connectivity index is 1.83. The van der Waals surface area contributed by atoms with Crippen LogP contribution in [0.4, 0.5) is 0 Å². The van der Waals surface area contributed by atoms with Gasteiger partial charge in [0.25, 0.3) is 0 Å². The van der Waals surface area contributed by atoms with Gasteiger partial charge in [0.05, 0.1) is 21.7 Å². The molecule has 2 saturated heterocycles. The third kappa shape index (κ3) is 3.94. The van der Waals surface area contributed by atoms with E-state index in [4.69, 9.17) is 0 Å². The van der Waals surface area contributed by atoms with Crippen molar-refractivity contribution in [3.05, 3.63) is 27.8 Å². The Hall–Kier alpha value is -1.01. The van der Waals surface area contributed by atoms with Crippen molar-refractivity contribution in [1.82, 2.24) is 8.61 Å². The average molecular weight is 479 g/mol. The smallest absolute Gasteiger partial charge is 0.229 e. The van der Waals surface area contributed by atoms with Gasteiger partial charge in [-0.25, -0.2) is 25.3 Å². The molecule has 2 fully saturated rings. The molecule has 0 radical (unpaired) electrons. The second-order valence-electron chi connectivity index (χ2n) is 8.33.